The number of carbonyl (C=O) groups is 1. The van der Waals surface area contributed by atoms with Crippen LogP contribution >= 0.6 is 27.5 Å². The van der Waals surface area contributed by atoms with E-state index in [1.807, 2.05) is 11.0 Å². The molecule has 2 rings (SSSR count). The highest BCUT2D eigenvalue weighted by Gasteiger charge is 2.26. The van der Waals surface area contributed by atoms with Gasteiger partial charge in [0.15, 0.2) is 0 Å². The van der Waals surface area contributed by atoms with Crippen molar-refractivity contribution in [1.82, 2.24) is 9.80 Å². The van der Waals surface area contributed by atoms with E-state index in [-0.39, 0.29) is 5.91 Å². The smallest absolute Gasteiger partial charge is 0.255 e. The second-order valence-electron chi connectivity index (χ2n) is 4.70. The van der Waals surface area contributed by atoms with E-state index in [1.165, 1.54) is 0 Å². The van der Waals surface area contributed by atoms with Crippen molar-refractivity contribution >= 4 is 33.4 Å². The number of amides is 1. The number of piperazine rings is 1. The van der Waals surface area contributed by atoms with Gasteiger partial charge in [0.1, 0.15) is 0 Å². The van der Waals surface area contributed by atoms with Gasteiger partial charge in [-0.1, -0.05) is 27.5 Å². The van der Waals surface area contributed by atoms with Crippen molar-refractivity contribution in [3.8, 4) is 0 Å². The molecular weight excluding hydrogens is 316 g/mol. The van der Waals surface area contributed by atoms with Crippen LogP contribution in [-0.4, -0.2) is 48.4 Å². The third kappa shape index (κ3) is 2.87. The van der Waals surface area contributed by atoms with E-state index >= 15 is 0 Å². The molecule has 18 heavy (non-hydrogen) atoms. The molecule has 0 N–H and O–H groups in total. The van der Waals surface area contributed by atoms with Crippen molar-refractivity contribution in [2.45, 2.75) is 13.0 Å². The first-order valence-electron chi connectivity index (χ1n) is 5.93. The summed E-state index contributed by atoms with van der Waals surface area (Å²) in [5.41, 5.74) is 0.572. The van der Waals surface area contributed by atoms with E-state index < -0.39 is 0 Å². The third-order valence-electron chi connectivity index (χ3n) is 3.41. The molecule has 0 aromatic heterocycles. The number of rotatable bonds is 1. The molecule has 1 atom stereocenters. The Morgan fingerprint density at radius 2 is 2.17 bits per heavy atom. The Labute approximate surface area is 121 Å². The highest BCUT2D eigenvalue weighted by molar-refractivity contribution is 9.10. The van der Waals surface area contributed by atoms with Crippen LogP contribution in [0.25, 0.3) is 0 Å². The van der Waals surface area contributed by atoms with E-state index in [2.05, 4.69) is 34.8 Å². The normalized spacial score (nSPS) is 21.1. The van der Waals surface area contributed by atoms with Crippen molar-refractivity contribution in [2.75, 3.05) is 26.7 Å². The Morgan fingerprint density at radius 3 is 2.83 bits per heavy atom. The Bertz CT molecular complexity index is 466. The van der Waals surface area contributed by atoms with Crippen LogP contribution in [0.5, 0.6) is 0 Å². The number of benzene rings is 1. The lowest BCUT2D eigenvalue weighted by Gasteiger charge is -2.37. The number of halogens is 2. The molecular formula is C13H16BrClN2O. The average Bonchev–Trinajstić information content (AvgIpc) is 2.35. The summed E-state index contributed by atoms with van der Waals surface area (Å²) in [6.07, 6.45) is 0. The van der Waals surface area contributed by atoms with Gasteiger partial charge in [0.25, 0.3) is 5.91 Å². The Morgan fingerprint density at radius 1 is 1.44 bits per heavy atom. The van der Waals surface area contributed by atoms with Crippen LogP contribution in [0.4, 0.5) is 0 Å². The van der Waals surface area contributed by atoms with E-state index in [9.17, 15) is 4.79 Å². The third-order valence-corrected chi connectivity index (χ3v) is 4.23. The van der Waals surface area contributed by atoms with Gasteiger partial charge in [-0.2, -0.15) is 0 Å². The number of hydrogen-bond donors (Lipinski definition) is 0. The molecule has 1 aliphatic rings. The molecule has 0 aliphatic carbocycles. The van der Waals surface area contributed by atoms with Gasteiger partial charge in [-0.05, 0) is 32.2 Å². The van der Waals surface area contributed by atoms with Gasteiger partial charge < -0.3 is 9.80 Å². The van der Waals surface area contributed by atoms with Crippen LogP contribution in [0.15, 0.2) is 22.7 Å². The van der Waals surface area contributed by atoms with Crippen LogP contribution in [0.3, 0.4) is 0 Å². The highest BCUT2D eigenvalue weighted by atomic mass is 79.9. The maximum absolute atomic E-state index is 12.4. The van der Waals surface area contributed by atoms with Gasteiger partial charge in [0.05, 0.1) is 10.6 Å². The minimum Gasteiger partial charge on any atom is -0.336 e. The van der Waals surface area contributed by atoms with E-state index in [0.29, 0.717) is 16.6 Å². The van der Waals surface area contributed by atoms with Crippen molar-refractivity contribution in [1.29, 1.82) is 0 Å². The fourth-order valence-electron chi connectivity index (χ4n) is 2.06. The molecule has 1 aliphatic heterocycles. The Balaban J connectivity index is 2.19. The zero-order valence-electron chi connectivity index (χ0n) is 10.5. The monoisotopic (exact) mass is 330 g/mol. The van der Waals surface area contributed by atoms with Crippen LogP contribution in [0, 0.1) is 0 Å². The topological polar surface area (TPSA) is 23.6 Å². The van der Waals surface area contributed by atoms with Gasteiger partial charge in [0.2, 0.25) is 0 Å². The second-order valence-corrected chi connectivity index (χ2v) is 6.03. The molecule has 0 radical (unpaired) electrons. The fraction of sp³-hybridized carbons (Fsp3) is 0.462. The lowest BCUT2D eigenvalue weighted by molar-refractivity contribution is 0.0572. The van der Waals surface area contributed by atoms with Crippen LogP contribution in [0.2, 0.25) is 5.02 Å². The molecule has 3 nitrogen and oxygen atoms in total. The molecule has 0 saturated carbocycles. The summed E-state index contributed by atoms with van der Waals surface area (Å²) in [6, 6.07) is 5.76. The minimum absolute atomic E-state index is 0.0150. The lowest BCUT2D eigenvalue weighted by atomic mass is 10.1. The van der Waals surface area contributed by atoms with Crippen LogP contribution < -0.4 is 0 Å². The lowest BCUT2D eigenvalue weighted by Crippen LogP contribution is -2.52. The zero-order valence-corrected chi connectivity index (χ0v) is 12.8. The summed E-state index contributed by atoms with van der Waals surface area (Å²) in [6.45, 7) is 4.53. The van der Waals surface area contributed by atoms with Crippen molar-refractivity contribution in [3.63, 3.8) is 0 Å². The first kappa shape index (κ1) is 13.8. The summed E-state index contributed by atoms with van der Waals surface area (Å²) in [4.78, 5) is 16.6. The Kier molecular flexibility index (Phi) is 4.30. The van der Waals surface area contributed by atoms with Crippen LogP contribution in [0.1, 0.15) is 17.3 Å². The molecule has 1 saturated heterocycles. The van der Waals surface area contributed by atoms with Gasteiger partial charge >= 0.3 is 0 Å². The van der Waals surface area contributed by atoms with Gasteiger partial charge in [-0.15, -0.1) is 0 Å². The van der Waals surface area contributed by atoms with Crippen molar-refractivity contribution in [3.05, 3.63) is 33.3 Å². The van der Waals surface area contributed by atoms with E-state index in [1.54, 1.807) is 12.1 Å². The summed E-state index contributed by atoms with van der Waals surface area (Å²) >= 11 is 9.47. The first-order chi connectivity index (χ1) is 8.49. The molecule has 1 heterocycles. The number of carbonyl (C=O) groups excluding carboxylic acids is 1. The standard InChI is InChI=1S/C13H16BrClN2O/c1-9-8-17(6-5-16(9)2)13(18)11-7-10(14)3-4-12(11)15/h3-4,7,9H,5-6,8H2,1-2H3. The summed E-state index contributed by atoms with van der Waals surface area (Å²) in [7, 11) is 2.08. The molecule has 98 valence electrons. The van der Waals surface area contributed by atoms with Gasteiger partial charge in [0, 0.05) is 30.1 Å². The fourth-order valence-corrected chi connectivity index (χ4v) is 2.62. The second kappa shape index (κ2) is 5.59. The number of nitrogens with zero attached hydrogens (tertiary/aromatic N) is 2. The van der Waals surface area contributed by atoms with Crippen molar-refractivity contribution in [2.24, 2.45) is 0 Å². The van der Waals surface area contributed by atoms with Gasteiger partial charge in [-0.25, -0.2) is 0 Å². The average molecular weight is 332 g/mol. The maximum Gasteiger partial charge on any atom is 0.255 e. The SMILES string of the molecule is CC1CN(C(=O)c2cc(Br)ccc2Cl)CCN1C. The summed E-state index contributed by atoms with van der Waals surface area (Å²) in [5.74, 6) is 0.0150. The predicted molar refractivity (Wildman–Crippen MR) is 77.1 cm³/mol. The maximum atomic E-state index is 12.4. The quantitative estimate of drug-likeness (QED) is 0.790. The molecule has 1 fully saturated rings. The molecule has 0 spiro atoms. The van der Waals surface area contributed by atoms with E-state index in [0.717, 1.165) is 24.1 Å². The van der Waals surface area contributed by atoms with Crippen LogP contribution in [-0.2, 0) is 0 Å². The molecule has 1 unspecified atom stereocenters. The Hall–Kier alpha value is -0.580. The zero-order chi connectivity index (χ0) is 13.3. The molecule has 1 amide bonds. The molecule has 5 heteroatoms. The summed E-state index contributed by atoms with van der Waals surface area (Å²) < 4.78 is 0.873. The number of likely N-dealkylation sites (N-methyl/N-ethyl adjacent to an activating group) is 1. The predicted octanol–water partition coefficient (Wildman–Crippen LogP) is 2.88. The minimum atomic E-state index is 0.0150. The number of hydrogen-bond acceptors (Lipinski definition) is 2. The highest BCUT2D eigenvalue weighted by Crippen LogP contribution is 2.23. The molecule has 1 aromatic rings. The largest absolute Gasteiger partial charge is 0.336 e. The summed E-state index contributed by atoms with van der Waals surface area (Å²) in [5, 5.41) is 0.509. The van der Waals surface area contributed by atoms with Crippen molar-refractivity contribution < 1.29 is 4.79 Å². The first-order valence-corrected chi connectivity index (χ1v) is 7.10. The van der Waals surface area contributed by atoms with E-state index in [4.69, 9.17) is 11.6 Å². The van der Waals surface area contributed by atoms with Gasteiger partial charge in [-0.3, -0.25) is 4.79 Å². The molecule has 1 aromatic carbocycles. The molecule has 0 bridgehead atoms.